The first-order chi connectivity index (χ1) is 20.9. The van der Waals surface area contributed by atoms with Crippen LogP contribution in [0.3, 0.4) is 0 Å². The molecule has 2 aliphatic heterocycles. The molecular weight excluding hydrogens is 559 g/mol. The van der Waals surface area contributed by atoms with Gasteiger partial charge in [0.25, 0.3) is 0 Å². The predicted octanol–water partition coefficient (Wildman–Crippen LogP) is 5.79. The second kappa shape index (κ2) is 13.2. The number of aromatic nitrogens is 2. The summed E-state index contributed by atoms with van der Waals surface area (Å²) < 4.78 is 31.4. The van der Waals surface area contributed by atoms with Crippen LogP contribution in [0.1, 0.15) is 45.7 Å². The number of methoxy groups -OCH3 is 1. The van der Waals surface area contributed by atoms with Gasteiger partial charge in [-0.15, -0.1) is 0 Å². The second-order valence-electron chi connectivity index (χ2n) is 13.3. The molecule has 44 heavy (non-hydrogen) atoms. The number of rotatable bonds is 9. The van der Waals surface area contributed by atoms with Gasteiger partial charge in [-0.05, 0) is 55.5 Å². The van der Waals surface area contributed by atoms with Gasteiger partial charge in [0.15, 0.2) is 11.6 Å². The molecule has 2 fully saturated rings. The average molecular weight is 607 g/mol. The van der Waals surface area contributed by atoms with Gasteiger partial charge < -0.3 is 29.3 Å². The molecule has 3 aromatic rings. The lowest BCUT2D eigenvalue weighted by Gasteiger charge is -2.48. The molecule has 5 rings (SSSR count). The van der Waals surface area contributed by atoms with Crippen molar-refractivity contribution in [3.05, 3.63) is 59.4 Å². The van der Waals surface area contributed by atoms with Gasteiger partial charge in [-0.2, -0.15) is 9.97 Å². The highest BCUT2D eigenvalue weighted by Gasteiger charge is 2.35. The van der Waals surface area contributed by atoms with Gasteiger partial charge in [0.1, 0.15) is 12.4 Å². The summed E-state index contributed by atoms with van der Waals surface area (Å²) in [4.78, 5) is 16.6. The number of ether oxygens (including phenoxy) is 3. The van der Waals surface area contributed by atoms with E-state index >= 15 is 0 Å². The Balaban J connectivity index is 1.39. The number of piperazine rings is 1. The third kappa shape index (κ3) is 7.53. The summed E-state index contributed by atoms with van der Waals surface area (Å²) >= 11 is 0. The first-order valence-corrected chi connectivity index (χ1v) is 15.5. The van der Waals surface area contributed by atoms with Gasteiger partial charge in [0.2, 0.25) is 11.8 Å². The molecule has 2 aromatic carbocycles. The first-order valence-electron chi connectivity index (χ1n) is 15.5. The monoisotopic (exact) mass is 606 g/mol. The van der Waals surface area contributed by atoms with Crippen LogP contribution in [0, 0.1) is 12.7 Å². The largest absolute Gasteiger partial charge is 0.494 e. The zero-order valence-corrected chi connectivity index (χ0v) is 27.2. The van der Waals surface area contributed by atoms with Crippen molar-refractivity contribution in [2.24, 2.45) is 0 Å². The van der Waals surface area contributed by atoms with Gasteiger partial charge in [-0.1, -0.05) is 32.9 Å². The third-order valence-electron chi connectivity index (χ3n) is 8.45. The van der Waals surface area contributed by atoms with Crippen molar-refractivity contribution >= 4 is 23.1 Å². The number of benzene rings is 2. The second-order valence-corrected chi connectivity index (χ2v) is 13.3. The molecule has 0 amide bonds. The predicted molar refractivity (Wildman–Crippen MR) is 175 cm³/mol. The molecule has 0 unspecified atom stereocenters. The van der Waals surface area contributed by atoms with Gasteiger partial charge >= 0.3 is 0 Å². The first kappa shape index (κ1) is 31.8. The highest BCUT2D eigenvalue weighted by molar-refractivity contribution is 5.64. The van der Waals surface area contributed by atoms with Gasteiger partial charge in [0.05, 0.1) is 25.9 Å². The standard InChI is InChI=1S/C34H47FN6O3/c1-24-8-9-25(33(2,3)4)20-28(24)36-30-22-31(44-19-16-39-14-17-43-18-15-39)38-32(37-30)40-12-13-41(34(5,6)23-40)26-10-11-29(42-7)27(35)21-26/h8-11,20-22H,12-19,23H2,1-7H3,(H,36,37,38). The molecule has 0 aliphatic carbocycles. The van der Waals surface area contributed by atoms with Crippen LogP contribution >= 0.6 is 0 Å². The van der Waals surface area contributed by atoms with E-state index in [0.717, 1.165) is 49.8 Å². The van der Waals surface area contributed by atoms with E-state index in [1.54, 1.807) is 12.1 Å². The van der Waals surface area contributed by atoms with Crippen molar-refractivity contribution < 1.29 is 18.6 Å². The fourth-order valence-electron chi connectivity index (χ4n) is 5.78. The van der Waals surface area contributed by atoms with Crippen LogP contribution in [0.25, 0.3) is 0 Å². The summed E-state index contributed by atoms with van der Waals surface area (Å²) in [5, 5.41) is 3.57. The highest BCUT2D eigenvalue weighted by atomic mass is 19.1. The number of morpholine rings is 1. The molecule has 1 N–H and O–H groups in total. The summed E-state index contributed by atoms with van der Waals surface area (Å²) in [6, 6.07) is 13.6. The van der Waals surface area contributed by atoms with Crippen LogP contribution in [-0.4, -0.2) is 86.6 Å². The Kier molecular flexibility index (Phi) is 9.51. The molecule has 0 radical (unpaired) electrons. The molecule has 0 saturated carbocycles. The SMILES string of the molecule is COc1ccc(N2CCN(c3nc(Nc4cc(C(C)(C)C)ccc4C)cc(OCCN4CCOCC4)n3)CC2(C)C)cc1F. The summed E-state index contributed by atoms with van der Waals surface area (Å²) in [6.07, 6.45) is 0. The zero-order chi connectivity index (χ0) is 31.5. The molecule has 0 bridgehead atoms. The zero-order valence-electron chi connectivity index (χ0n) is 27.2. The number of aryl methyl sites for hydroxylation is 1. The van der Waals surface area contributed by atoms with Crippen LogP contribution in [0.5, 0.6) is 11.6 Å². The van der Waals surface area contributed by atoms with Crippen LogP contribution in [-0.2, 0) is 10.2 Å². The number of halogens is 1. The van der Waals surface area contributed by atoms with E-state index in [9.17, 15) is 4.39 Å². The van der Waals surface area contributed by atoms with Crippen molar-refractivity contribution in [1.82, 2.24) is 14.9 Å². The number of anilines is 4. The van der Waals surface area contributed by atoms with Crippen molar-refractivity contribution in [1.29, 1.82) is 0 Å². The van der Waals surface area contributed by atoms with Crippen molar-refractivity contribution in [2.75, 3.05) is 81.3 Å². The van der Waals surface area contributed by atoms with Crippen molar-refractivity contribution in [2.45, 2.75) is 52.5 Å². The number of nitrogens with zero attached hydrogens (tertiary/aromatic N) is 5. The fraction of sp³-hybridized carbons (Fsp3) is 0.529. The Bertz CT molecular complexity index is 1440. The van der Waals surface area contributed by atoms with Gasteiger partial charge in [0, 0.05) is 62.8 Å². The topological polar surface area (TPSA) is 75.2 Å². The Morgan fingerprint density at radius 3 is 2.45 bits per heavy atom. The van der Waals surface area contributed by atoms with E-state index in [-0.39, 0.29) is 22.5 Å². The molecule has 2 aliphatic rings. The van der Waals surface area contributed by atoms with E-state index in [1.807, 2.05) is 12.1 Å². The number of nitrogens with one attached hydrogen (secondary N) is 1. The number of hydrogen-bond donors (Lipinski definition) is 1. The van der Waals surface area contributed by atoms with Crippen LogP contribution in [0.2, 0.25) is 0 Å². The van der Waals surface area contributed by atoms with E-state index < -0.39 is 0 Å². The highest BCUT2D eigenvalue weighted by Crippen LogP contribution is 2.34. The molecule has 2 saturated heterocycles. The maximum Gasteiger partial charge on any atom is 0.230 e. The summed E-state index contributed by atoms with van der Waals surface area (Å²) in [5.41, 5.74) is 3.91. The molecule has 1 aromatic heterocycles. The Morgan fingerprint density at radius 1 is 1.00 bits per heavy atom. The smallest absolute Gasteiger partial charge is 0.230 e. The minimum absolute atomic E-state index is 0.0206. The fourth-order valence-corrected chi connectivity index (χ4v) is 5.78. The molecule has 3 heterocycles. The molecular formula is C34H47FN6O3. The lowest BCUT2D eigenvalue weighted by molar-refractivity contribution is 0.0320. The van der Waals surface area contributed by atoms with E-state index in [0.29, 0.717) is 43.9 Å². The maximum atomic E-state index is 14.6. The van der Waals surface area contributed by atoms with E-state index in [2.05, 4.69) is 79.8 Å². The maximum absolute atomic E-state index is 14.6. The van der Waals surface area contributed by atoms with Crippen molar-refractivity contribution in [3.8, 4) is 11.6 Å². The van der Waals surface area contributed by atoms with Crippen molar-refractivity contribution in [3.63, 3.8) is 0 Å². The Morgan fingerprint density at radius 2 is 1.77 bits per heavy atom. The summed E-state index contributed by atoms with van der Waals surface area (Å²) in [5.74, 6) is 1.70. The van der Waals surface area contributed by atoms with Crippen LogP contribution < -0.4 is 24.6 Å². The molecule has 9 nitrogen and oxygen atoms in total. The van der Waals surface area contributed by atoms with E-state index in [1.165, 1.54) is 12.7 Å². The lowest BCUT2D eigenvalue weighted by atomic mass is 9.86. The lowest BCUT2D eigenvalue weighted by Crippen LogP contribution is -2.60. The molecule has 0 atom stereocenters. The minimum Gasteiger partial charge on any atom is -0.494 e. The Labute approximate surface area is 261 Å². The quantitative estimate of drug-likeness (QED) is 0.326. The summed E-state index contributed by atoms with van der Waals surface area (Å²) in [6.45, 7) is 19.7. The molecule has 10 heteroatoms. The number of hydrogen-bond acceptors (Lipinski definition) is 9. The molecule has 0 spiro atoms. The Hall–Kier alpha value is -3.63. The van der Waals surface area contributed by atoms with Crippen LogP contribution in [0.15, 0.2) is 42.5 Å². The van der Waals surface area contributed by atoms with Gasteiger partial charge in [-0.25, -0.2) is 4.39 Å². The van der Waals surface area contributed by atoms with Crippen LogP contribution in [0.4, 0.5) is 27.5 Å². The summed E-state index contributed by atoms with van der Waals surface area (Å²) in [7, 11) is 1.48. The van der Waals surface area contributed by atoms with E-state index in [4.69, 9.17) is 24.2 Å². The minimum atomic E-state index is -0.366. The average Bonchev–Trinajstić information content (AvgIpc) is 2.97. The normalized spacial score (nSPS) is 17.5. The third-order valence-corrected chi connectivity index (χ3v) is 8.45. The molecule has 238 valence electrons. The van der Waals surface area contributed by atoms with Gasteiger partial charge in [-0.3, -0.25) is 4.90 Å².